The second kappa shape index (κ2) is 6.50. The van der Waals surface area contributed by atoms with Gasteiger partial charge in [-0.2, -0.15) is 0 Å². The van der Waals surface area contributed by atoms with Crippen molar-refractivity contribution in [1.29, 1.82) is 0 Å². The summed E-state index contributed by atoms with van der Waals surface area (Å²) in [5, 5.41) is 2.36. The number of hydrogen-bond acceptors (Lipinski definition) is 2. The zero-order valence-corrected chi connectivity index (χ0v) is 11.7. The molecular formula is C14H17ClF2N2O. The Balaban J connectivity index is 2.13. The average molecular weight is 303 g/mol. The second-order valence-corrected chi connectivity index (χ2v) is 5.54. The summed E-state index contributed by atoms with van der Waals surface area (Å²) < 4.78 is 27.0. The molecule has 110 valence electrons. The lowest BCUT2D eigenvalue weighted by atomic mass is 10.0. The van der Waals surface area contributed by atoms with Crippen LogP contribution in [0.25, 0.3) is 0 Å². The molecule has 3 N–H and O–H groups in total. The first-order valence-corrected chi connectivity index (χ1v) is 7.08. The Labute approximate surface area is 121 Å². The first kappa shape index (κ1) is 15.2. The predicted octanol–water partition coefficient (Wildman–Crippen LogP) is 3.01. The third-order valence-corrected chi connectivity index (χ3v) is 3.93. The number of benzene rings is 1. The normalized spacial score (nSPS) is 23.2. The molecule has 0 saturated heterocycles. The maximum Gasteiger partial charge on any atom is 0.254 e. The number of amides is 1. The number of nitrogens with two attached hydrogens (primary N) is 1. The molecule has 0 aliphatic heterocycles. The number of hydrogen-bond donors (Lipinski definition) is 2. The Kier molecular flexibility index (Phi) is 4.94. The Morgan fingerprint density at radius 3 is 2.65 bits per heavy atom. The van der Waals surface area contributed by atoms with Crippen LogP contribution in [0.1, 0.15) is 42.5 Å². The number of carbonyl (C=O) groups excluding carboxylic acids is 1. The number of rotatable bonds is 2. The highest BCUT2D eigenvalue weighted by Crippen LogP contribution is 2.21. The average Bonchev–Trinajstić information content (AvgIpc) is 2.59. The smallest absolute Gasteiger partial charge is 0.254 e. The van der Waals surface area contributed by atoms with Crippen molar-refractivity contribution in [2.45, 2.75) is 44.2 Å². The van der Waals surface area contributed by atoms with Crippen molar-refractivity contribution in [2.24, 2.45) is 5.73 Å². The molecule has 2 unspecified atom stereocenters. The van der Waals surface area contributed by atoms with Gasteiger partial charge in [0.15, 0.2) is 0 Å². The summed E-state index contributed by atoms with van der Waals surface area (Å²) in [4.78, 5) is 12.0. The molecule has 1 aliphatic rings. The molecule has 2 rings (SSSR count). The predicted molar refractivity (Wildman–Crippen MR) is 73.7 cm³/mol. The molecular weight excluding hydrogens is 286 g/mol. The number of nitrogens with one attached hydrogen (secondary N) is 1. The molecule has 0 radical (unpaired) electrons. The van der Waals surface area contributed by atoms with E-state index in [4.69, 9.17) is 17.3 Å². The van der Waals surface area contributed by atoms with Gasteiger partial charge in [0.1, 0.15) is 11.6 Å². The fourth-order valence-electron chi connectivity index (χ4n) is 2.46. The molecule has 6 heteroatoms. The van der Waals surface area contributed by atoms with Crippen LogP contribution in [0.15, 0.2) is 12.1 Å². The van der Waals surface area contributed by atoms with Crippen LogP contribution in [0.3, 0.4) is 0 Å². The number of halogens is 3. The van der Waals surface area contributed by atoms with Crippen molar-refractivity contribution in [1.82, 2.24) is 5.32 Å². The van der Waals surface area contributed by atoms with Crippen molar-refractivity contribution >= 4 is 17.5 Å². The van der Waals surface area contributed by atoms with Crippen LogP contribution >= 0.6 is 11.6 Å². The molecule has 0 heterocycles. The molecule has 1 fully saturated rings. The van der Waals surface area contributed by atoms with E-state index in [1.54, 1.807) is 0 Å². The first-order valence-electron chi connectivity index (χ1n) is 6.70. The minimum absolute atomic E-state index is 0.151. The lowest BCUT2D eigenvalue weighted by Crippen LogP contribution is -2.47. The standard InChI is InChI=1S/C14H17ClF2N2O/c15-9-7-10(16)8(6-11(9)17)14(20)19-13-5-3-1-2-4-12(13)18/h6-7,12-13H,1-5,18H2,(H,19,20). The van der Waals surface area contributed by atoms with Crippen molar-refractivity contribution < 1.29 is 13.6 Å². The van der Waals surface area contributed by atoms with Gasteiger partial charge in [0.05, 0.1) is 10.6 Å². The zero-order valence-electron chi connectivity index (χ0n) is 11.0. The lowest BCUT2D eigenvalue weighted by Gasteiger charge is -2.22. The minimum Gasteiger partial charge on any atom is -0.348 e. The third kappa shape index (κ3) is 3.46. The summed E-state index contributed by atoms with van der Waals surface area (Å²) >= 11 is 5.46. The molecule has 1 saturated carbocycles. The van der Waals surface area contributed by atoms with Gasteiger partial charge in [0, 0.05) is 12.1 Å². The van der Waals surface area contributed by atoms with E-state index in [-0.39, 0.29) is 22.7 Å². The van der Waals surface area contributed by atoms with E-state index < -0.39 is 17.5 Å². The molecule has 20 heavy (non-hydrogen) atoms. The van der Waals surface area contributed by atoms with Gasteiger partial charge in [0.2, 0.25) is 0 Å². The van der Waals surface area contributed by atoms with Gasteiger partial charge in [-0.15, -0.1) is 0 Å². The maximum atomic E-state index is 13.7. The van der Waals surface area contributed by atoms with E-state index in [0.717, 1.165) is 44.2 Å². The molecule has 2 atom stereocenters. The molecule has 3 nitrogen and oxygen atoms in total. The van der Waals surface area contributed by atoms with E-state index in [1.165, 1.54) is 0 Å². The van der Waals surface area contributed by atoms with Crippen LogP contribution in [0.4, 0.5) is 8.78 Å². The summed E-state index contributed by atoms with van der Waals surface area (Å²) in [5.74, 6) is -2.31. The van der Waals surface area contributed by atoms with Crippen molar-refractivity contribution in [2.75, 3.05) is 0 Å². The van der Waals surface area contributed by atoms with Crippen LogP contribution in [0, 0.1) is 11.6 Å². The maximum absolute atomic E-state index is 13.7. The van der Waals surface area contributed by atoms with Crippen molar-refractivity contribution in [3.8, 4) is 0 Å². The summed E-state index contributed by atoms with van der Waals surface area (Å²) in [6.07, 6.45) is 4.64. The highest BCUT2D eigenvalue weighted by molar-refractivity contribution is 6.30. The lowest BCUT2D eigenvalue weighted by molar-refractivity contribution is 0.0924. The van der Waals surface area contributed by atoms with Gasteiger partial charge in [0.25, 0.3) is 5.91 Å². The van der Waals surface area contributed by atoms with Crippen molar-refractivity contribution in [3.05, 3.63) is 34.4 Å². The highest BCUT2D eigenvalue weighted by atomic mass is 35.5. The Hall–Kier alpha value is -1.20. The SMILES string of the molecule is NC1CCCCCC1NC(=O)c1cc(F)c(Cl)cc1F. The Bertz CT molecular complexity index is 510. The molecule has 0 aromatic heterocycles. The van der Waals surface area contributed by atoms with Gasteiger partial charge in [-0.1, -0.05) is 30.9 Å². The fraction of sp³-hybridized carbons (Fsp3) is 0.500. The van der Waals surface area contributed by atoms with E-state index in [9.17, 15) is 13.6 Å². The summed E-state index contributed by atoms with van der Waals surface area (Å²) in [6, 6.07) is 1.26. The first-order chi connectivity index (χ1) is 9.49. The molecule has 1 aromatic rings. The van der Waals surface area contributed by atoms with Crippen LogP contribution in [-0.2, 0) is 0 Å². The monoisotopic (exact) mass is 302 g/mol. The molecule has 1 aromatic carbocycles. The summed E-state index contributed by atoms with van der Waals surface area (Å²) in [7, 11) is 0. The van der Waals surface area contributed by atoms with E-state index in [1.807, 2.05) is 0 Å². The third-order valence-electron chi connectivity index (χ3n) is 3.64. The fourth-order valence-corrected chi connectivity index (χ4v) is 2.61. The van der Waals surface area contributed by atoms with Crippen LogP contribution in [0.5, 0.6) is 0 Å². The largest absolute Gasteiger partial charge is 0.348 e. The van der Waals surface area contributed by atoms with Gasteiger partial charge < -0.3 is 11.1 Å². The Morgan fingerprint density at radius 2 is 1.90 bits per heavy atom. The summed E-state index contributed by atoms with van der Waals surface area (Å²) in [6.45, 7) is 0. The van der Waals surface area contributed by atoms with Gasteiger partial charge in [-0.25, -0.2) is 8.78 Å². The van der Waals surface area contributed by atoms with E-state index in [2.05, 4.69) is 5.32 Å². The van der Waals surface area contributed by atoms with Crippen LogP contribution < -0.4 is 11.1 Å². The quantitative estimate of drug-likeness (QED) is 0.652. The second-order valence-electron chi connectivity index (χ2n) is 5.13. The molecule has 1 amide bonds. The van der Waals surface area contributed by atoms with E-state index in [0.29, 0.717) is 0 Å². The molecule has 1 aliphatic carbocycles. The Morgan fingerprint density at radius 1 is 1.20 bits per heavy atom. The van der Waals surface area contributed by atoms with E-state index >= 15 is 0 Å². The summed E-state index contributed by atoms with van der Waals surface area (Å²) in [5.41, 5.74) is 5.65. The van der Waals surface area contributed by atoms with Gasteiger partial charge >= 0.3 is 0 Å². The van der Waals surface area contributed by atoms with Crippen LogP contribution in [0.2, 0.25) is 5.02 Å². The van der Waals surface area contributed by atoms with Crippen LogP contribution in [-0.4, -0.2) is 18.0 Å². The molecule has 0 bridgehead atoms. The van der Waals surface area contributed by atoms with Gasteiger partial charge in [-0.05, 0) is 25.0 Å². The number of carbonyl (C=O) groups is 1. The van der Waals surface area contributed by atoms with Crippen molar-refractivity contribution in [3.63, 3.8) is 0 Å². The topological polar surface area (TPSA) is 55.1 Å². The van der Waals surface area contributed by atoms with Gasteiger partial charge in [-0.3, -0.25) is 4.79 Å². The highest BCUT2D eigenvalue weighted by Gasteiger charge is 2.24. The molecule has 0 spiro atoms. The zero-order chi connectivity index (χ0) is 14.7. The minimum atomic E-state index is -0.837.